The van der Waals surface area contributed by atoms with Crippen LogP contribution >= 0.6 is 0 Å². The van der Waals surface area contributed by atoms with E-state index < -0.39 is 16.9 Å². The first-order valence-corrected chi connectivity index (χ1v) is 10.0. The molecule has 0 aliphatic carbocycles. The average molecular weight is 448 g/mol. The van der Waals surface area contributed by atoms with E-state index in [1.54, 1.807) is 0 Å². The number of H-pyrrole nitrogens is 1. The Bertz CT molecular complexity index is 1290. The summed E-state index contributed by atoms with van der Waals surface area (Å²) in [6, 6.07) is 11.8. The second kappa shape index (κ2) is 9.42. The minimum absolute atomic E-state index is 0.00418. The maximum atomic E-state index is 12.4. The first kappa shape index (κ1) is 21.9. The standard InChI is InChI=1S/C23H20N4O6/c1-31-23(28)19(7-16-12-26-18-5-3-2-4-17(16)18)25-11-14(10-24)6-15-8-21-22(33-13-32-21)9-20(15)27(29)30/h2-6,8-9,12,19,25-26H,7,11,13H2,1H3/b14-6+/t19-/m0/s1. The number of nitriles is 1. The molecule has 2 heterocycles. The predicted molar refractivity (Wildman–Crippen MR) is 119 cm³/mol. The van der Waals surface area contributed by atoms with Gasteiger partial charge in [0.15, 0.2) is 11.5 Å². The molecule has 0 unspecified atom stereocenters. The van der Waals surface area contributed by atoms with Gasteiger partial charge in [-0.3, -0.25) is 20.2 Å². The summed E-state index contributed by atoms with van der Waals surface area (Å²) in [5.74, 6) is 0.162. The van der Waals surface area contributed by atoms with Crippen LogP contribution in [0.2, 0.25) is 0 Å². The lowest BCUT2D eigenvalue weighted by molar-refractivity contribution is -0.385. The molecule has 0 radical (unpaired) electrons. The molecule has 10 heteroatoms. The number of hydrogen-bond acceptors (Lipinski definition) is 8. The molecule has 2 N–H and O–H groups in total. The van der Waals surface area contributed by atoms with Crippen molar-refractivity contribution in [3.63, 3.8) is 0 Å². The van der Waals surface area contributed by atoms with Gasteiger partial charge in [-0.1, -0.05) is 18.2 Å². The van der Waals surface area contributed by atoms with Crippen molar-refractivity contribution in [2.24, 2.45) is 0 Å². The van der Waals surface area contributed by atoms with Gasteiger partial charge in [0, 0.05) is 35.6 Å². The van der Waals surface area contributed by atoms with Crippen molar-refractivity contribution in [1.29, 1.82) is 5.26 Å². The van der Waals surface area contributed by atoms with Crippen LogP contribution in [0.1, 0.15) is 11.1 Å². The van der Waals surface area contributed by atoms with E-state index in [2.05, 4.69) is 10.3 Å². The van der Waals surface area contributed by atoms with Crippen LogP contribution in [0.3, 0.4) is 0 Å². The zero-order chi connectivity index (χ0) is 23.4. The van der Waals surface area contributed by atoms with E-state index >= 15 is 0 Å². The molecule has 168 valence electrons. The topological polar surface area (TPSA) is 140 Å². The quantitative estimate of drug-likeness (QED) is 0.232. The van der Waals surface area contributed by atoms with E-state index in [1.165, 1.54) is 25.3 Å². The first-order chi connectivity index (χ1) is 16.0. The van der Waals surface area contributed by atoms with Crippen molar-refractivity contribution in [3.8, 4) is 17.6 Å². The third-order valence-electron chi connectivity index (χ3n) is 5.32. The Morgan fingerprint density at radius 2 is 2.12 bits per heavy atom. The number of methoxy groups -OCH3 is 1. The van der Waals surface area contributed by atoms with Crippen molar-refractivity contribution in [1.82, 2.24) is 10.3 Å². The Hall–Kier alpha value is -4.36. The molecule has 0 bridgehead atoms. The van der Waals surface area contributed by atoms with Crippen molar-refractivity contribution >= 4 is 28.6 Å². The third kappa shape index (κ3) is 4.63. The number of para-hydroxylation sites is 1. The number of aromatic amines is 1. The largest absolute Gasteiger partial charge is 0.468 e. The lowest BCUT2D eigenvalue weighted by Crippen LogP contribution is -2.40. The van der Waals surface area contributed by atoms with E-state index in [0.717, 1.165) is 16.5 Å². The number of nitrogens with zero attached hydrogens (tertiary/aromatic N) is 2. The Morgan fingerprint density at radius 3 is 2.85 bits per heavy atom. The summed E-state index contributed by atoms with van der Waals surface area (Å²) in [7, 11) is 1.29. The number of fused-ring (bicyclic) bond motifs is 2. The Morgan fingerprint density at radius 1 is 1.36 bits per heavy atom. The summed E-state index contributed by atoms with van der Waals surface area (Å²) in [5, 5.41) is 25.1. The smallest absolute Gasteiger partial charge is 0.323 e. The lowest BCUT2D eigenvalue weighted by atomic mass is 10.0. The van der Waals surface area contributed by atoms with E-state index in [1.807, 2.05) is 36.5 Å². The van der Waals surface area contributed by atoms with E-state index in [9.17, 15) is 20.2 Å². The van der Waals surface area contributed by atoms with Crippen LogP contribution in [0.25, 0.3) is 17.0 Å². The van der Waals surface area contributed by atoms with Crippen molar-refractivity contribution in [3.05, 3.63) is 69.4 Å². The maximum absolute atomic E-state index is 12.4. The van der Waals surface area contributed by atoms with Crippen LogP contribution in [0.5, 0.6) is 11.5 Å². The number of nitro benzene ring substituents is 1. The lowest BCUT2D eigenvalue weighted by Gasteiger charge is -2.16. The molecule has 0 amide bonds. The minimum atomic E-state index is -0.724. The van der Waals surface area contributed by atoms with Crippen LogP contribution in [-0.4, -0.2) is 42.4 Å². The molecule has 1 atom stereocenters. The van der Waals surface area contributed by atoms with Gasteiger partial charge in [-0.15, -0.1) is 0 Å². The number of nitrogens with one attached hydrogen (secondary N) is 2. The Balaban J connectivity index is 1.56. The van der Waals surface area contributed by atoms with Gasteiger partial charge in [0.2, 0.25) is 6.79 Å². The van der Waals surface area contributed by atoms with Crippen LogP contribution in [-0.2, 0) is 16.0 Å². The summed E-state index contributed by atoms with van der Waals surface area (Å²) in [5.41, 5.74) is 2.06. The molecule has 1 aliphatic heterocycles. The molecule has 10 nitrogen and oxygen atoms in total. The second-order valence-electron chi connectivity index (χ2n) is 7.32. The van der Waals surface area contributed by atoms with Gasteiger partial charge in [0.25, 0.3) is 5.69 Å². The van der Waals surface area contributed by atoms with Gasteiger partial charge < -0.3 is 19.2 Å². The van der Waals surface area contributed by atoms with Crippen LogP contribution < -0.4 is 14.8 Å². The zero-order valence-electron chi connectivity index (χ0n) is 17.7. The van der Waals surface area contributed by atoms with Gasteiger partial charge in [-0.25, -0.2) is 0 Å². The number of aromatic nitrogens is 1. The number of ether oxygens (including phenoxy) is 3. The molecule has 3 aromatic rings. The van der Waals surface area contributed by atoms with Gasteiger partial charge in [0.05, 0.1) is 29.7 Å². The fraction of sp³-hybridized carbons (Fsp3) is 0.217. The Kier molecular flexibility index (Phi) is 6.24. The summed E-state index contributed by atoms with van der Waals surface area (Å²) >= 11 is 0. The van der Waals surface area contributed by atoms with E-state index in [4.69, 9.17) is 14.2 Å². The molecule has 1 aromatic heterocycles. The number of benzene rings is 2. The summed E-state index contributed by atoms with van der Waals surface area (Å²) in [6.07, 6.45) is 3.56. The van der Waals surface area contributed by atoms with Crippen molar-refractivity contribution in [2.75, 3.05) is 20.4 Å². The highest BCUT2D eigenvalue weighted by atomic mass is 16.7. The summed E-state index contributed by atoms with van der Waals surface area (Å²) in [4.78, 5) is 26.5. The number of esters is 1. The van der Waals surface area contributed by atoms with Crippen molar-refractivity contribution in [2.45, 2.75) is 12.5 Å². The molecule has 33 heavy (non-hydrogen) atoms. The molecule has 0 saturated heterocycles. The van der Waals surface area contributed by atoms with E-state index in [0.29, 0.717) is 12.2 Å². The molecular weight excluding hydrogens is 428 g/mol. The monoisotopic (exact) mass is 448 g/mol. The van der Waals surface area contributed by atoms with Crippen LogP contribution in [0, 0.1) is 21.4 Å². The highest BCUT2D eigenvalue weighted by Gasteiger charge is 2.24. The molecule has 4 rings (SSSR count). The number of nitro groups is 1. The molecule has 0 saturated carbocycles. The second-order valence-corrected chi connectivity index (χ2v) is 7.32. The summed E-state index contributed by atoms with van der Waals surface area (Å²) in [6.45, 7) is -0.0226. The number of carbonyl (C=O) groups excluding carboxylic acids is 1. The maximum Gasteiger partial charge on any atom is 0.323 e. The normalized spacial score (nSPS) is 13.5. The number of hydrogen-bond donors (Lipinski definition) is 2. The average Bonchev–Trinajstić information content (AvgIpc) is 3.46. The molecule has 0 fully saturated rings. The fourth-order valence-electron chi connectivity index (χ4n) is 3.67. The predicted octanol–water partition coefficient (Wildman–Crippen LogP) is 3.09. The minimum Gasteiger partial charge on any atom is -0.468 e. The molecular formula is C23H20N4O6. The van der Waals surface area contributed by atoms with Gasteiger partial charge in [-0.05, 0) is 23.8 Å². The van der Waals surface area contributed by atoms with Crippen molar-refractivity contribution < 1.29 is 23.9 Å². The number of rotatable bonds is 8. The third-order valence-corrected chi connectivity index (χ3v) is 5.32. The SMILES string of the molecule is COC(=O)[C@H](Cc1c[nH]c2ccccc12)NC/C(C#N)=C/c1cc2c(cc1[N+](=O)[O-])OCO2. The van der Waals surface area contributed by atoms with E-state index in [-0.39, 0.29) is 35.9 Å². The van der Waals surface area contributed by atoms with Gasteiger partial charge in [0.1, 0.15) is 6.04 Å². The van der Waals surface area contributed by atoms with Crippen LogP contribution in [0.15, 0.2) is 48.2 Å². The summed E-state index contributed by atoms with van der Waals surface area (Å²) < 4.78 is 15.4. The molecule has 0 spiro atoms. The molecule has 2 aromatic carbocycles. The number of carbonyl (C=O) groups is 1. The van der Waals surface area contributed by atoms with Gasteiger partial charge in [-0.2, -0.15) is 5.26 Å². The zero-order valence-corrected chi connectivity index (χ0v) is 17.7. The first-order valence-electron chi connectivity index (χ1n) is 10.0. The van der Waals surface area contributed by atoms with Gasteiger partial charge >= 0.3 is 5.97 Å². The highest BCUT2D eigenvalue weighted by Crippen LogP contribution is 2.38. The molecule has 1 aliphatic rings. The van der Waals surface area contributed by atoms with Crippen LogP contribution in [0.4, 0.5) is 5.69 Å². The highest BCUT2D eigenvalue weighted by molar-refractivity contribution is 5.84. The fourth-order valence-corrected chi connectivity index (χ4v) is 3.67. The Labute approximate surface area is 188 Å².